The Morgan fingerprint density at radius 3 is 2.71 bits per heavy atom. The number of rotatable bonds is 3. The highest BCUT2D eigenvalue weighted by molar-refractivity contribution is 4.87. The standard InChI is InChI=1S/C12H24N2/c1-3-12-6-8-14(9-7-13-12)10(2)11-4-5-11/h10-13H,3-9H2,1-2H3. The fourth-order valence-corrected chi connectivity index (χ4v) is 2.58. The molecular weight excluding hydrogens is 172 g/mol. The molecule has 1 aliphatic heterocycles. The smallest absolute Gasteiger partial charge is 0.0110 e. The van der Waals surface area contributed by atoms with Crippen molar-refractivity contribution in [3.8, 4) is 0 Å². The lowest BCUT2D eigenvalue weighted by molar-refractivity contribution is 0.201. The van der Waals surface area contributed by atoms with Crippen molar-refractivity contribution in [1.29, 1.82) is 0 Å². The molecule has 2 rings (SSSR count). The molecule has 1 saturated carbocycles. The van der Waals surface area contributed by atoms with Gasteiger partial charge < -0.3 is 5.32 Å². The minimum Gasteiger partial charge on any atom is -0.313 e. The molecule has 82 valence electrons. The molecule has 2 nitrogen and oxygen atoms in total. The summed E-state index contributed by atoms with van der Waals surface area (Å²) >= 11 is 0. The molecule has 0 amide bonds. The van der Waals surface area contributed by atoms with Gasteiger partial charge in [0.25, 0.3) is 0 Å². The van der Waals surface area contributed by atoms with Crippen molar-refractivity contribution >= 4 is 0 Å². The Hall–Kier alpha value is -0.0800. The second-order valence-electron chi connectivity index (χ2n) is 4.96. The molecule has 2 fully saturated rings. The van der Waals surface area contributed by atoms with E-state index in [1.165, 1.54) is 45.3 Å². The summed E-state index contributed by atoms with van der Waals surface area (Å²) in [5, 5.41) is 3.63. The molecule has 2 aliphatic rings. The van der Waals surface area contributed by atoms with Crippen LogP contribution in [0.25, 0.3) is 0 Å². The van der Waals surface area contributed by atoms with E-state index in [2.05, 4.69) is 24.1 Å². The van der Waals surface area contributed by atoms with Crippen LogP contribution in [0.1, 0.15) is 39.5 Å². The van der Waals surface area contributed by atoms with Crippen molar-refractivity contribution in [3.05, 3.63) is 0 Å². The molecule has 2 unspecified atom stereocenters. The summed E-state index contributed by atoms with van der Waals surface area (Å²) in [6, 6.07) is 1.61. The lowest BCUT2D eigenvalue weighted by Gasteiger charge is -2.27. The maximum Gasteiger partial charge on any atom is 0.0110 e. The van der Waals surface area contributed by atoms with Gasteiger partial charge in [0.1, 0.15) is 0 Å². The first kappa shape index (κ1) is 10.4. The van der Waals surface area contributed by atoms with Gasteiger partial charge in [-0.2, -0.15) is 0 Å². The van der Waals surface area contributed by atoms with Crippen molar-refractivity contribution < 1.29 is 0 Å². The van der Waals surface area contributed by atoms with Crippen LogP contribution in [-0.2, 0) is 0 Å². The molecule has 0 spiro atoms. The molecule has 14 heavy (non-hydrogen) atoms. The van der Waals surface area contributed by atoms with Crippen LogP contribution in [0, 0.1) is 5.92 Å². The van der Waals surface area contributed by atoms with Crippen molar-refractivity contribution in [3.63, 3.8) is 0 Å². The van der Waals surface area contributed by atoms with Gasteiger partial charge >= 0.3 is 0 Å². The zero-order chi connectivity index (χ0) is 9.97. The highest BCUT2D eigenvalue weighted by Gasteiger charge is 2.32. The van der Waals surface area contributed by atoms with Crippen molar-refractivity contribution in [2.45, 2.75) is 51.6 Å². The number of hydrogen-bond acceptors (Lipinski definition) is 2. The zero-order valence-electron chi connectivity index (χ0n) is 9.63. The van der Waals surface area contributed by atoms with Gasteiger partial charge in [0.2, 0.25) is 0 Å². The van der Waals surface area contributed by atoms with Gasteiger partial charge in [0.15, 0.2) is 0 Å². The van der Waals surface area contributed by atoms with Crippen LogP contribution in [0.4, 0.5) is 0 Å². The van der Waals surface area contributed by atoms with E-state index in [-0.39, 0.29) is 0 Å². The average Bonchev–Trinajstić information content (AvgIpc) is 3.03. The van der Waals surface area contributed by atoms with E-state index in [9.17, 15) is 0 Å². The molecule has 2 atom stereocenters. The fourth-order valence-electron chi connectivity index (χ4n) is 2.58. The SMILES string of the molecule is CCC1CCN(C(C)C2CC2)CCN1. The molecule has 0 bridgehead atoms. The van der Waals surface area contributed by atoms with E-state index in [0.717, 1.165) is 18.0 Å². The summed E-state index contributed by atoms with van der Waals surface area (Å²) in [5.74, 6) is 1.02. The Labute approximate surface area is 88.1 Å². The van der Waals surface area contributed by atoms with Gasteiger partial charge in [-0.1, -0.05) is 6.92 Å². The highest BCUT2D eigenvalue weighted by atomic mass is 15.2. The molecule has 1 saturated heterocycles. The van der Waals surface area contributed by atoms with E-state index in [1.807, 2.05) is 0 Å². The van der Waals surface area contributed by atoms with Crippen LogP contribution >= 0.6 is 0 Å². The van der Waals surface area contributed by atoms with E-state index >= 15 is 0 Å². The van der Waals surface area contributed by atoms with Crippen LogP contribution in [0.2, 0.25) is 0 Å². The quantitative estimate of drug-likeness (QED) is 0.741. The third kappa shape index (κ3) is 2.48. The maximum absolute atomic E-state index is 3.63. The largest absolute Gasteiger partial charge is 0.313 e. The van der Waals surface area contributed by atoms with E-state index in [4.69, 9.17) is 0 Å². The van der Waals surface area contributed by atoms with Crippen molar-refractivity contribution in [2.75, 3.05) is 19.6 Å². The summed E-state index contributed by atoms with van der Waals surface area (Å²) in [6.07, 6.45) is 5.57. The Bertz CT molecular complexity index is 177. The van der Waals surface area contributed by atoms with Gasteiger partial charge in [0, 0.05) is 25.2 Å². The van der Waals surface area contributed by atoms with Gasteiger partial charge in [-0.25, -0.2) is 0 Å². The van der Waals surface area contributed by atoms with Crippen LogP contribution in [0.3, 0.4) is 0 Å². The van der Waals surface area contributed by atoms with E-state index in [1.54, 1.807) is 0 Å². The highest BCUT2D eigenvalue weighted by Crippen LogP contribution is 2.35. The predicted molar refractivity (Wildman–Crippen MR) is 60.5 cm³/mol. The minimum atomic E-state index is 0.770. The van der Waals surface area contributed by atoms with Crippen molar-refractivity contribution in [2.24, 2.45) is 5.92 Å². The van der Waals surface area contributed by atoms with Gasteiger partial charge in [-0.05, 0) is 45.1 Å². The topological polar surface area (TPSA) is 15.3 Å². The predicted octanol–water partition coefficient (Wildman–Crippen LogP) is 1.86. The second kappa shape index (κ2) is 4.63. The summed E-state index contributed by atoms with van der Waals surface area (Å²) in [5.41, 5.74) is 0. The fraction of sp³-hybridized carbons (Fsp3) is 1.00. The molecule has 2 heteroatoms. The third-order valence-electron chi connectivity index (χ3n) is 3.97. The number of nitrogens with one attached hydrogen (secondary N) is 1. The second-order valence-corrected chi connectivity index (χ2v) is 4.96. The summed E-state index contributed by atoms with van der Waals surface area (Å²) in [6.45, 7) is 8.47. The molecule has 0 aromatic rings. The third-order valence-corrected chi connectivity index (χ3v) is 3.97. The Kier molecular flexibility index (Phi) is 3.45. The summed E-state index contributed by atoms with van der Waals surface area (Å²) in [7, 11) is 0. The molecule has 1 heterocycles. The first-order chi connectivity index (χ1) is 6.81. The monoisotopic (exact) mass is 196 g/mol. The van der Waals surface area contributed by atoms with Gasteiger partial charge in [0.05, 0.1) is 0 Å². The Balaban J connectivity index is 1.81. The average molecular weight is 196 g/mol. The van der Waals surface area contributed by atoms with E-state index < -0.39 is 0 Å². The minimum absolute atomic E-state index is 0.770. The zero-order valence-corrected chi connectivity index (χ0v) is 9.63. The first-order valence-electron chi connectivity index (χ1n) is 6.28. The summed E-state index contributed by atoms with van der Waals surface area (Å²) < 4.78 is 0. The molecule has 0 radical (unpaired) electrons. The number of hydrogen-bond donors (Lipinski definition) is 1. The van der Waals surface area contributed by atoms with Crippen molar-refractivity contribution in [1.82, 2.24) is 10.2 Å². The molecule has 1 N–H and O–H groups in total. The lowest BCUT2D eigenvalue weighted by atomic mass is 10.1. The normalized spacial score (nSPS) is 32.6. The summed E-state index contributed by atoms with van der Waals surface area (Å²) in [4.78, 5) is 2.69. The Morgan fingerprint density at radius 1 is 1.29 bits per heavy atom. The van der Waals surface area contributed by atoms with Gasteiger partial charge in [-0.15, -0.1) is 0 Å². The molecule has 0 aromatic heterocycles. The Morgan fingerprint density at radius 2 is 2.07 bits per heavy atom. The van der Waals surface area contributed by atoms with Crippen LogP contribution in [-0.4, -0.2) is 36.6 Å². The maximum atomic E-state index is 3.63. The van der Waals surface area contributed by atoms with Crippen LogP contribution < -0.4 is 5.32 Å². The molecule has 0 aromatic carbocycles. The number of nitrogens with zero attached hydrogens (tertiary/aromatic N) is 1. The molecular formula is C12H24N2. The lowest BCUT2D eigenvalue weighted by Crippen LogP contribution is -2.37. The first-order valence-corrected chi connectivity index (χ1v) is 6.28. The van der Waals surface area contributed by atoms with E-state index in [0.29, 0.717) is 0 Å². The van der Waals surface area contributed by atoms with Crippen LogP contribution in [0.15, 0.2) is 0 Å². The van der Waals surface area contributed by atoms with Gasteiger partial charge in [-0.3, -0.25) is 4.90 Å². The van der Waals surface area contributed by atoms with Crippen LogP contribution in [0.5, 0.6) is 0 Å². The molecule has 1 aliphatic carbocycles.